The van der Waals surface area contributed by atoms with Crippen molar-refractivity contribution in [2.24, 2.45) is 0 Å². The first kappa shape index (κ1) is 31.9. The standard InChI is InChI=1S/C26H32FN3O6S.Na/c1-17(2)30-23(14-13-20(31)15-21(32)16-24(33)34)25(18-9-11-19(27)12-10-18)28-26(30)29(3)37(35,36)22-7-5-4-6-8-22;/h4-12,17,20-21,31-32H,13-16H2,1-3H3,(H,33,34);/q;+1/p-1. The summed E-state index contributed by atoms with van der Waals surface area (Å²) < 4.78 is 43.3. The van der Waals surface area contributed by atoms with E-state index in [0.29, 0.717) is 17.0 Å². The Morgan fingerprint density at radius 2 is 1.68 bits per heavy atom. The molecule has 0 saturated heterocycles. The number of carboxylic acid groups (broad SMARTS) is 1. The maximum Gasteiger partial charge on any atom is 1.00 e. The number of carboxylic acids is 1. The van der Waals surface area contributed by atoms with Crippen molar-refractivity contribution in [3.63, 3.8) is 0 Å². The van der Waals surface area contributed by atoms with Gasteiger partial charge in [-0.05, 0) is 69.5 Å². The van der Waals surface area contributed by atoms with E-state index in [1.807, 2.05) is 13.8 Å². The van der Waals surface area contributed by atoms with Gasteiger partial charge in [-0.15, -0.1) is 0 Å². The molecule has 0 radical (unpaired) electrons. The van der Waals surface area contributed by atoms with Crippen LogP contribution in [0, 0.1) is 5.82 Å². The molecule has 3 aromatic rings. The smallest absolute Gasteiger partial charge is 0.550 e. The number of benzene rings is 2. The first-order valence-corrected chi connectivity index (χ1v) is 13.3. The Hall–Kier alpha value is -2.28. The zero-order valence-corrected chi connectivity index (χ0v) is 24.7. The van der Waals surface area contributed by atoms with E-state index in [9.17, 15) is 32.9 Å². The number of aromatic nitrogens is 2. The predicted octanol–water partition coefficient (Wildman–Crippen LogP) is -0.716. The summed E-state index contributed by atoms with van der Waals surface area (Å²) in [6, 6.07) is 13.4. The molecule has 9 nitrogen and oxygen atoms in total. The van der Waals surface area contributed by atoms with Crippen molar-refractivity contribution in [2.45, 2.75) is 62.7 Å². The van der Waals surface area contributed by atoms with E-state index < -0.39 is 40.4 Å². The largest absolute Gasteiger partial charge is 1.00 e. The molecular weight excluding hydrogens is 524 g/mol. The third kappa shape index (κ3) is 7.64. The summed E-state index contributed by atoms with van der Waals surface area (Å²) in [6.07, 6.45) is -2.66. The van der Waals surface area contributed by atoms with Gasteiger partial charge in [0.05, 0.1) is 22.8 Å². The summed E-state index contributed by atoms with van der Waals surface area (Å²) in [5.41, 5.74) is 1.61. The van der Waals surface area contributed by atoms with Gasteiger partial charge in [-0.3, -0.25) is 0 Å². The zero-order chi connectivity index (χ0) is 27.3. The number of hydrogen-bond donors (Lipinski definition) is 2. The van der Waals surface area contributed by atoms with Crippen LogP contribution in [-0.4, -0.2) is 53.4 Å². The minimum Gasteiger partial charge on any atom is -0.550 e. The van der Waals surface area contributed by atoms with Crippen LogP contribution in [0.15, 0.2) is 59.5 Å². The van der Waals surface area contributed by atoms with Gasteiger partial charge in [0.25, 0.3) is 10.0 Å². The van der Waals surface area contributed by atoms with Crippen molar-refractivity contribution < 1.29 is 62.5 Å². The van der Waals surface area contributed by atoms with Crippen molar-refractivity contribution >= 4 is 21.9 Å². The Bertz CT molecular complexity index is 1320. The van der Waals surface area contributed by atoms with Crippen LogP contribution < -0.4 is 39.0 Å². The third-order valence-electron chi connectivity index (χ3n) is 5.97. The summed E-state index contributed by atoms with van der Waals surface area (Å²) in [7, 11) is -2.54. The Balaban J connectivity index is 0.00000507. The monoisotopic (exact) mass is 555 g/mol. The van der Waals surface area contributed by atoms with E-state index in [1.54, 1.807) is 34.9 Å². The van der Waals surface area contributed by atoms with Crippen molar-refractivity contribution in [1.29, 1.82) is 0 Å². The number of nitrogens with zero attached hydrogens (tertiary/aromatic N) is 3. The number of aliphatic hydroxyl groups is 2. The molecule has 1 heterocycles. The van der Waals surface area contributed by atoms with Gasteiger partial charge in [-0.1, -0.05) is 18.2 Å². The molecule has 200 valence electrons. The predicted molar refractivity (Wildman–Crippen MR) is 135 cm³/mol. The molecule has 12 heteroatoms. The summed E-state index contributed by atoms with van der Waals surface area (Å²) in [5, 5.41) is 31.0. The molecule has 1 aromatic heterocycles. The molecule has 2 atom stereocenters. The Kier molecular flexibility index (Phi) is 11.5. The maximum absolute atomic E-state index is 13.6. The first-order chi connectivity index (χ1) is 17.4. The number of sulfonamides is 1. The molecule has 0 aliphatic carbocycles. The molecule has 2 N–H and O–H groups in total. The Morgan fingerprint density at radius 1 is 1.08 bits per heavy atom. The number of aliphatic hydroxyl groups excluding tert-OH is 2. The van der Waals surface area contributed by atoms with Crippen LogP contribution in [-0.2, 0) is 21.2 Å². The van der Waals surface area contributed by atoms with Gasteiger partial charge in [-0.25, -0.2) is 22.1 Å². The summed E-state index contributed by atoms with van der Waals surface area (Å²) in [5.74, 6) is -1.70. The molecular formula is C26H31FN3NaO6S. The van der Waals surface area contributed by atoms with E-state index >= 15 is 0 Å². The van der Waals surface area contributed by atoms with Gasteiger partial charge in [0, 0.05) is 36.7 Å². The minimum absolute atomic E-state index is 0. The molecule has 0 spiro atoms. The van der Waals surface area contributed by atoms with Gasteiger partial charge in [0.1, 0.15) is 5.82 Å². The average molecular weight is 556 g/mol. The van der Waals surface area contributed by atoms with E-state index in [-0.39, 0.29) is 65.7 Å². The topological polar surface area (TPSA) is 136 Å². The fraction of sp³-hybridized carbons (Fsp3) is 0.385. The fourth-order valence-electron chi connectivity index (χ4n) is 4.16. The fourth-order valence-corrected chi connectivity index (χ4v) is 5.33. The number of carbonyl (C=O) groups is 1. The molecule has 0 saturated carbocycles. The molecule has 2 unspecified atom stereocenters. The second-order valence-corrected chi connectivity index (χ2v) is 11.1. The first-order valence-electron chi connectivity index (χ1n) is 11.9. The molecule has 2 aromatic carbocycles. The van der Waals surface area contributed by atoms with Crippen LogP contribution in [0.25, 0.3) is 11.3 Å². The molecule has 0 amide bonds. The van der Waals surface area contributed by atoms with E-state index in [4.69, 9.17) is 0 Å². The van der Waals surface area contributed by atoms with Crippen molar-refractivity contribution in [1.82, 2.24) is 9.55 Å². The second kappa shape index (κ2) is 13.7. The van der Waals surface area contributed by atoms with Gasteiger partial charge in [0.15, 0.2) is 0 Å². The number of rotatable bonds is 12. The third-order valence-corrected chi connectivity index (χ3v) is 7.72. The molecule has 0 aliphatic heterocycles. The van der Waals surface area contributed by atoms with Crippen LogP contribution in [0.1, 0.15) is 44.8 Å². The number of imidazole rings is 1. The molecule has 0 fully saturated rings. The van der Waals surface area contributed by atoms with Gasteiger partial charge >= 0.3 is 29.6 Å². The number of anilines is 1. The molecule has 0 aliphatic rings. The summed E-state index contributed by atoms with van der Waals surface area (Å²) in [6.45, 7) is 3.73. The molecule has 3 rings (SSSR count). The van der Waals surface area contributed by atoms with Crippen molar-refractivity contribution in [3.8, 4) is 11.3 Å². The van der Waals surface area contributed by atoms with Gasteiger partial charge in [-0.2, -0.15) is 0 Å². The number of carbonyl (C=O) groups excluding carboxylic acids is 1. The van der Waals surface area contributed by atoms with Crippen LogP contribution in [0.2, 0.25) is 0 Å². The Morgan fingerprint density at radius 3 is 2.24 bits per heavy atom. The quantitative estimate of drug-likeness (QED) is 0.282. The molecule has 0 bridgehead atoms. The van der Waals surface area contributed by atoms with Crippen LogP contribution in [0.4, 0.5) is 10.3 Å². The van der Waals surface area contributed by atoms with Gasteiger partial charge < -0.3 is 24.7 Å². The normalized spacial score (nSPS) is 13.1. The van der Waals surface area contributed by atoms with Crippen molar-refractivity contribution in [3.05, 3.63) is 66.1 Å². The molecule has 38 heavy (non-hydrogen) atoms. The zero-order valence-electron chi connectivity index (χ0n) is 21.9. The SMILES string of the molecule is CC(C)n1c(N(C)S(=O)(=O)c2ccccc2)nc(-c2ccc(F)cc2)c1CCC(O)CC(O)CC(=O)[O-].[Na+]. The van der Waals surface area contributed by atoms with E-state index in [2.05, 4.69) is 4.98 Å². The average Bonchev–Trinajstić information content (AvgIpc) is 3.22. The van der Waals surface area contributed by atoms with Crippen molar-refractivity contribution in [2.75, 3.05) is 11.4 Å². The Labute approximate surface area is 244 Å². The number of halogens is 1. The minimum atomic E-state index is -3.95. The van der Waals surface area contributed by atoms with Crippen LogP contribution in [0.3, 0.4) is 0 Å². The summed E-state index contributed by atoms with van der Waals surface area (Å²) in [4.78, 5) is 15.5. The van der Waals surface area contributed by atoms with E-state index in [0.717, 1.165) is 4.31 Å². The van der Waals surface area contributed by atoms with Crippen LogP contribution >= 0.6 is 0 Å². The van der Waals surface area contributed by atoms with E-state index in [1.165, 1.54) is 31.3 Å². The second-order valence-electron chi connectivity index (χ2n) is 9.12. The number of aliphatic carboxylic acids is 1. The number of hydrogen-bond acceptors (Lipinski definition) is 7. The summed E-state index contributed by atoms with van der Waals surface area (Å²) >= 11 is 0. The van der Waals surface area contributed by atoms with Crippen LogP contribution in [0.5, 0.6) is 0 Å². The van der Waals surface area contributed by atoms with Gasteiger partial charge in [0.2, 0.25) is 5.95 Å². The maximum atomic E-state index is 13.6.